The van der Waals surface area contributed by atoms with E-state index >= 15 is 0 Å². The standard InChI is InChI=1S/C22H29FN6O/c1-24-22(29-10-8-28(9-11-29)21-4-2-3-7-25-21)26-17-18-5-6-20(19(23)16-18)27-12-14-30-15-13-27/h2-7,16H,8-15,17H2,1H3,(H,24,26). The average Bonchev–Trinajstić information content (AvgIpc) is 2.81. The van der Waals surface area contributed by atoms with Crippen LogP contribution in [-0.4, -0.2) is 75.4 Å². The minimum atomic E-state index is -0.185. The van der Waals surface area contributed by atoms with Crippen molar-refractivity contribution in [2.24, 2.45) is 4.99 Å². The Bertz CT molecular complexity index is 848. The number of anilines is 2. The normalized spacial score (nSPS) is 17.9. The lowest BCUT2D eigenvalue weighted by Gasteiger charge is -2.37. The summed E-state index contributed by atoms with van der Waals surface area (Å²) in [6.07, 6.45) is 1.83. The molecule has 0 aliphatic carbocycles. The molecule has 2 aromatic rings. The number of nitrogens with zero attached hydrogens (tertiary/aromatic N) is 5. The molecule has 0 unspecified atom stereocenters. The maximum Gasteiger partial charge on any atom is 0.194 e. The van der Waals surface area contributed by atoms with Crippen molar-refractivity contribution in [1.82, 2.24) is 15.2 Å². The highest BCUT2D eigenvalue weighted by atomic mass is 19.1. The number of morpholine rings is 1. The molecule has 2 aliphatic heterocycles. The third kappa shape index (κ3) is 4.81. The number of hydrogen-bond donors (Lipinski definition) is 1. The first-order valence-corrected chi connectivity index (χ1v) is 10.5. The third-order valence-corrected chi connectivity index (χ3v) is 5.58. The molecule has 160 valence electrons. The van der Waals surface area contributed by atoms with Crippen LogP contribution < -0.4 is 15.1 Å². The summed E-state index contributed by atoms with van der Waals surface area (Å²) in [5, 5.41) is 3.38. The Morgan fingerprint density at radius 2 is 1.87 bits per heavy atom. The molecule has 0 saturated carbocycles. The van der Waals surface area contributed by atoms with Gasteiger partial charge in [-0.2, -0.15) is 0 Å². The molecule has 2 aliphatic rings. The van der Waals surface area contributed by atoms with Crippen molar-refractivity contribution in [2.75, 3.05) is 69.3 Å². The van der Waals surface area contributed by atoms with Crippen molar-refractivity contribution in [3.05, 3.63) is 54.0 Å². The van der Waals surface area contributed by atoms with E-state index in [-0.39, 0.29) is 5.82 Å². The second-order valence-electron chi connectivity index (χ2n) is 7.45. The lowest BCUT2D eigenvalue weighted by atomic mass is 10.1. The van der Waals surface area contributed by atoms with Crippen molar-refractivity contribution in [3.8, 4) is 0 Å². The summed E-state index contributed by atoms with van der Waals surface area (Å²) in [4.78, 5) is 15.4. The van der Waals surface area contributed by atoms with Crippen LogP contribution in [0.2, 0.25) is 0 Å². The van der Waals surface area contributed by atoms with E-state index in [4.69, 9.17) is 4.74 Å². The fourth-order valence-electron chi connectivity index (χ4n) is 3.92. The second kappa shape index (κ2) is 9.75. The van der Waals surface area contributed by atoms with Crippen molar-refractivity contribution in [3.63, 3.8) is 0 Å². The van der Waals surface area contributed by atoms with Crippen LogP contribution in [0.15, 0.2) is 47.6 Å². The van der Waals surface area contributed by atoms with Gasteiger partial charge in [0.15, 0.2) is 5.96 Å². The highest BCUT2D eigenvalue weighted by Gasteiger charge is 2.20. The number of aliphatic imine (C=N–C) groups is 1. The molecule has 0 radical (unpaired) electrons. The van der Waals surface area contributed by atoms with Gasteiger partial charge in [-0.15, -0.1) is 0 Å². The van der Waals surface area contributed by atoms with Crippen molar-refractivity contribution < 1.29 is 9.13 Å². The lowest BCUT2D eigenvalue weighted by Crippen LogP contribution is -2.52. The van der Waals surface area contributed by atoms with Crippen LogP contribution >= 0.6 is 0 Å². The number of hydrogen-bond acceptors (Lipinski definition) is 5. The Kier molecular flexibility index (Phi) is 6.63. The van der Waals surface area contributed by atoms with Gasteiger partial charge in [-0.3, -0.25) is 4.99 Å². The molecule has 4 rings (SSSR count). The summed E-state index contributed by atoms with van der Waals surface area (Å²) in [5.74, 6) is 1.67. The van der Waals surface area contributed by atoms with Crippen LogP contribution in [-0.2, 0) is 11.3 Å². The zero-order valence-corrected chi connectivity index (χ0v) is 17.4. The zero-order chi connectivity index (χ0) is 20.8. The first kappa shape index (κ1) is 20.4. The number of guanidine groups is 1. The lowest BCUT2D eigenvalue weighted by molar-refractivity contribution is 0.122. The molecule has 0 bridgehead atoms. The van der Waals surface area contributed by atoms with Crippen LogP contribution in [0.5, 0.6) is 0 Å². The molecule has 1 aromatic heterocycles. The highest BCUT2D eigenvalue weighted by Crippen LogP contribution is 2.21. The highest BCUT2D eigenvalue weighted by molar-refractivity contribution is 5.80. The molecule has 0 atom stereocenters. The van der Waals surface area contributed by atoms with E-state index in [2.05, 4.69) is 25.1 Å². The maximum absolute atomic E-state index is 14.6. The van der Waals surface area contributed by atoms with Crippen molar-refractivity contribution in [2.45, 2.75) is 6.54 Å². The van der Waals surface area contributed by atoms with Crippen LogP contribution in [0.25, 0.3) is 0 Å². The predicted octanol–water partition coefficient (Wildman–Crippen LogP) is 1.95. The number of pyridine rings is 1. The summed E-state index contributed by atoms with van der Waals surface area (Å²) < 4.78 is 20.0. The van der Waals surface area contributed by atoms with Crippen molar-refractivity contribution in [1.29, 1.82) is 0 Å². The molecule has 1 N–H and O–H groups in total. The summed E-state index contributed by atoms with van der Waals surface area (Å²) in [6, 6.07) is 11.4. The fourth-order valence-corrected chi connectivity index (χ4v) is 3.92. The van der Waals surface area contributed by atoms with Crippen LogP contribution in [0.4, 0.5) is 15.9 Å². The number of rotatable bonds is 4. The summed E-state index contributed by atoms with van der Waals surface area (Å²) in [6.45, 7) is 6.78. The molecule has 7 nitrogen and oxygen atoms in total. The van der Waals surface area contributed by atoms with Gasteiger partial charge in [0.25, 0.3) is 0 Å². The van der Waals surface area contributed by atoms with E-state index in [0.29, 0.717) is 25.4 Å². The summed E-state index contributed by atoms with van der Waals surface area (Å²) in [5.41, 5.74) is 1.55. The van der Waals surface area contributed by atoms with Gasteiger partial charge in [-0.25, -0.2) is 9.37 Å². The SMILES string of the molecule is CN=C(NCc1ccc(N2CCOCC2)c(F)c1)N1CCN(c2ccccn2)CC1. The van der Waals surface area contributed by atoms with Crippen molar-refractivity contribution >= 4 is 17.5 Å². The molecule has 3 heterocycles. The smallest absolute Gasteiger partial charge is 0.194 e. The van der Waals surface area contributed by atoms with Gasteiger partial charge in [0.2, 0.25) is 0 Å². The Labute approximate surface area is 177 Å². The van der Waals surface area contributed by atoms with Crippen LogP contribution in [0.3, 0.4) is 0 Å². The van der Waals surface area contributed by atoms with E-state index in [1.54, 1.807) is 13.1 Å². The van der Waals surface area contributed by atoms with Crippen LogP contribution in [0, 0.1) is 5.82 Å². The molecular formula is C22H29FN6O. The average molecular weight is 413 g/mol. The van der Waals surface area contributed by atoms with E-state index in [1.807, 2.05) is 41.4 Å². The van der Waals surface area contributed by atoms with Gasteiger partial charge in [0.05, 0.1) is 18.9 Å². The van der Waals surface area contributed by atoms with Gasteiger partial charge in [-0.05, 0) is 29.8 Å². The van der Waals surface area contributed by atoms with E-state index < -0.39 is 0 Å². The Balaban J connectivity index is 1.31. The monoisotopic (exact) mass is 412 g/mol. The predicted molar refractivity (Wildman–Crippen MR) is 118 cm³/mol. The van der Waals surface area contributed by atoms with Gasteiger partial charge < -0.3 is 24.8 Å². The summed E-state index contributed by atoms with van der Waals surface area (Å²) >= 11 is 0. The number of piperazine rings is 1. The second-order valence-corrected chi connectivity index (χ2v) is 7.45. The first-order chi connectivity index (χ1) is 14.7. The molecule has 0 amide bonds. The molecule has 1 aromatic carbocycles. The number of halogens is 1. The summed E-state index contributed by atoms with van der Waals surface area (Å²) in [7, 11) is 1.79. The zero-order valence-electron chi connectivity index (χ0n) is 17.4. The Morgan fingerprint density at radius 1 is 1.07 bits per heavy atom. The quantitative estimate of drug-likeness (QED) is 0.612. The van der Waals surface area contributed by atoms with Crippen LogP contribution in [0.1, 0.15) is 5.56 Å². The molecule has 8 heteroatoms. The Morgan fingerprint density at radius 3 is 2.53 bits per heavy atom. The number of aromatic nitrogens is 1. The van der Waals surface area contributed by atoms with Gasteiger partial charge in [0, 0.05) is 59.1 Å². The number of ether oxygens (including phenoxy) is 1. The number of nitrogens with one attached hydrogen (secondary N) is 1. The van der Waals surface area contributed by atoms with E-state index in [9.17, 15) is 4.39 Å². The molecule has 30 heavy (non-hydrogen) atoms. The van der Waals surface area contributed by atoms with Gasteiger partial charge in [-0.1, -0.05) is 12.1 Å². The maximum atomic E-state index is 14.6. The first-order valence-electron chi connectivity index (χ1n) is 10.5. The third-order valence-electron chi connectivity index (χ3n) is 5.58. The fraction of sp³-hybridized carbons (Fsp3) is 0.455. The minimum Gasteiger partial charge on any atom is -0.378 e. The minimum absolute atomic E-state index is 0.185. The molecule has 2 fully saturated rings. The van der Waals surface area contributed by atoms with Gasteiger partial charge in [0.1, 0.15) is 11.6 Å². The molecular weight excluding hydrogens is 383 g/mol. The largest absolute Gasteiger partial charge is 0.378 e. The van der Waals surface area contributed by atoms with Gasteiger partial charge >= 0.3 is 0 Å². The molecule has 0 spiro atoms. The Hall–Kier alpha value is -2.87. The van der Waals surface area contributed by atoms with E-state index in [0.717, 1.165) is 56.6 Å². The topological polar surface area (TPSA) is 56.2 Å². The number of benzene rings is 1. The van der Waals surface area contributed by atoms with E-state index in [1.165, 1.54) is 0 Å². The molecule has 2 saturated heterocycles.